The van der Waals surface area contributed by atoms with Crippen LogP contribution >= 0.6 is 0 Å². The van der Waals surface area contributed by atoms with Gasteiger partial charge in [0.25, 0.3) is 0 Å². The molecule has 12 heavy (non-hydrogen) atoms. The van der Waals surface area contributed by atoms with E-state index in [1.807, 2.05) is 6.20 Å². The van der Waals surface area contributed by atoms with Crippen LogP contribution in [0, 0.1) is 0 Å². The number of hydrogen-bond acceptors (Lipinski definition) is 0. The molecule has 0 aromatic carbocycles. The number of nitrogens with zero attached hydrogens (tertiary/aromatic N) is 1. The smallest absolute Gasteiger partial charge is 0.156 e. The quantitative estimate of drug-likeness (QED) is 0.710. The molecule has 1 N–H and O–H groups in total. The molecule has 0 aliphatic rings. The second-order valence-corrected chi connectivity index (χ2v) is 3.14. The Kier molecular flexibility index (Phi) is 3.20. The van der Waals surface area contributed by atoms with Crippen LogP contribution < -0.4 is 5.73 Å². The predicted octanol–water partition coefficient (Wildman–Crippen LogP) is 2.62. The summed E-state index contributed by atoms with van der Waals surface area (Å²) < 4.78 is 0. The Labute approximate surface area is 74.2 Å². The van der Waals surface area contributed by atoms with Crippen molar-refractivity contribution >= 4 is 5.82 Å². The van der Waals surface area contributed by atoms with Crippen molar-refractivity contribution in [3.8, 4) is 0 Å². The van der Waals surface area contributed by atoms with Gasteiger partial charge in [-0.15, -0.1) is 5.73 Å². The number of hydrogen-bond donors (Lipinski definition) is 1. The Balaban J connectivity index is 2.80. The summed E-state index contributed by atoms with van der Waals surface area (Å²) in [7, 11) is 0. The van der Waals surface area contributed by atoms with Crippen LogP contribution in [0.4, 0.5) is 5.82 Å². The van der Waals surface area contributed by atoms with Crippen molar-refractivity contribution in [1.82, 2.24) is 10.7 Å². The van der Waals surface area contributed by atoms with Gasteiger partial charge in [-0.05, 0) is 18.4 Å². The lowest BCUT2D eigenvalue weighted by atomic mass is 10.0. The summed E-state index contributed by atoms with van der Waals surface area (Å²) in [6.45, 7) is 4.28. The minimum Gasteiger partial charge on any atom is -0.345 e. The Morgan fingerprint density at radius 1 is 1.25 bits per heavy atom. The molecule has 0 amide bonds. The number of nitrogens with one attached hydrogen (secondary N) is 1. The average Bonchev–Trinajstić information content (AvgIpc) is 2.37. The van der Waals surface area contributed by atoms with Crippen LogP contribution in [-0.2, 0) is 12.8 Å². The minimum atomic E-state index is 0.361. The van der Waals surface area contributed by atoms with Crippen molar-refractivity contribution in [2.75, 3.05) is 0 Å². The number of aromatic amines is 1. The molecule has 0 aliphatic heterocycles. The molecule has 0 bridgehead atoms. The minimum absolute atomic E-state index is 0.361. The lowest BCUT2D eigenvalue weighted by molar-refractivity contribution is 0.868. The first-order valence-corrected chi connectivity index (χ1v) is 4.67. The zero-order valence-corrected chi connectivity index (χ0v) is 7.85. The predicted molar refractivity (Wildman–Crippen MR) is 50.6 cm³/mol. The molecular formula is C10H16N2. The van der Waals surface area contributed by atoms with Gasteiger partial charge in [-0.25, -0.2) is 0 Å². The Hall–Kier alpha value is -0.920. The fraction of sp³-hybridized carbons (Fsp3) is 0.600. The second-order valence-electron chi connectivity index (χ2n) is 3.14. The van der Waals surface area contributed by atoms with Gasteiger partial charge in [-0.1, -0.05) is 26.7 Å². The third-order valence-corrected chi connectivity index (χ3v) is 2.08. The molecule has 0 aliphatic carbocycles. The molecule has 1 aromatic heterocycles. The average molecular weight is 164 g/mol. The first-order valence-electron chi connectivity index (χ1n) is 4.67. The van der Waals surface area contributed by atoms with E-state index in [1.165, 1.54) is 5.56 Å². The van der Waals surface area contributed by atoms with Crippen LogP contribution in [0.25, 0.3) is 0 Å². The molecule has 1 heterocycles. The van der Waals surface area contributed by atoms with Gasteiger partial charge in [0, 0.05) is 11.8 Å². The molecule has 0 unspecified atom stereocenters. The molecule has 66 valence electrons. The summed E-state index contributed by atoms with van der Waals surface area (Å²) in [6, 6.07) is 0. The van der Waals surface area contributed by atoms with Gasteiger partial charge >= 0.3 is 0 Å². The molecule has 0 saturated heterocycles. The molecule has 0 fully saturated rings. The number of H-pyrrole nitrogens is 1. The summed E-state index contributed by atoms with van der Waals surface area (Å²) in [5.41, 5.74) is 11.8. The zero-order valence-electron chi connectivity index (χ0n) is 7.85. The van der Waals surface area contributed by atoms with E-state index in [1.54, 1.807) is 0 Å². The molecule has 1 aromatic rings. The Bertz CT molecular complexity index is 238. The molecule has 1 rings (SSSR count). The third-order valence-electron chi connectivity index (χ3n) is 2.08. The number of aryl methyl sites for hydroxylation is 1. The van der Waals surface area contributed by atoms with Crippen LogP contribution in [0.2, 0.25) is 0 Å². The first kappa shape index (κ1) is 9.17. The van der Waals surface area contributed by atoms with Crippen molar-refractivity contribution in [1.29, 1.82) is 0 Å². The Morgan fingerprint density at radius 2 is 1.92 bits per heavy atom. The molecule has 2 radical (unpaired) electrons. The molecular weight excluding hydrogens is 148 g/mol. The highest BCUT2D eigenvalue weighted by Gasteiger charge is 2.07. The highest BCUT2D eigenvalue weighted by molar-refractivity contribution is 5.43. The molecule has 2 heteroatoms. The van der Waals surface area contributed by atoms with Crippen molar-refractivity contribution in [3.63, 3.8) is 0 Å². The van der Waals surface area contributed by atoms with Crippen molar-refractivity contribution in [2.24, 2.45) is 0 Å². The monoisotopic (exact) mass is 164 g/mol. The van der Waals surface area contributed by atoms with Crippen LogP contribution in [0.3, 0.4) is 0 Å². The van der Waals surface area contributed by atoms with Gasteiger partial charge in [0.05, 0.1) is 0 Å². The van der Waals surface area contributed by atoms with Crippen LogP contribution in [-0.4, -0.2) is 4.98 Å². The standard InChI is InChI=1S/C10H16N2/c1-3-5-8-7-12-10(11)9(8)6-4-2/h7,12H,3-6H2,1-2H3. The highest BCUT2D eigenvalue weighted by atomic mass is 14.8. The Morgan fingerprint density at radius 3 is 2.50 bits per heavy atom. The maximum atomic E-state index is 9.43. The van der Waals surface area contributed by atoms with Crippen molar-refractivity contribution < 1.29 is 0 Å². The van der Waals surface area contributed by atoms with Gasteiger partial charge < -0.3 is 4.98 Å². The van der Waals surface area contributed by atoms with E-state index < -0.39 is 0 Å². The van der Waals surface area contributed by atoms with Crippen molar-refractivity contribution in [3.05, 3.63) is 17.3 Å². The van der Waals surface area contributed by atoms with E-state index in [-0.39, 0.29) is 0 Å². The van der Waals surface area contributed by atoms with Crippen LogP contribution in [0.15, 0.2) is 6.20 Å². The van der Waals surface area contributed by atoms with E-state index in [9.17, 15) is 5.73 Å². The lowest BCUT2D eigenvalue weighted by Gasteiger charge is -1.99. The summed E-state index contributed by atoms with van der Waals surface area (Å²) in [5.74, 6) is 0.361. The van der Waals surface area contributed by atoms with Crippen molar-refractivity contribution in [2.45, 2.75) is 39.5 Å². The van der Waals surface area contributed by atoms with Crippen LogP contribution in [0.5, 0.6) is 0 Å². The SMILES string of the molecule is CCCc1c[nH]c([N])c1CCC. The van der Waals surface area contributed by atoms with Gasteiger partial charge in [-0.2, -0.15) is 0 Å². The number of aromatic nitrogens is 1. The molecule has 0 spiro atoms. The van der Waals surface area contributed by atoms with E-state index in [2.05, 4.69) is 18.8 Å². The topological polar surface area (TPSA) is 38.1 Å². The summed E-state index contributed by atoms with van der Waals surface area (Å²) in [6.07, 6.45) is 6.18. The third kappa shape index (κ3) is 1.81. The highest BCUT2D eigenvalue weighted by Crippen LogP contribution is 2.20. The fourth-order valence-corrected chi connectivity index (χ4v) is 1.50. The van der Waals surface area contributed by atoms with E-state index in [0.717, 1.165) is 31.2 Å². The van der Waals surface area contributed by atoms with Gasteiger partial charge in [0.15, 0.2) is 5.82 Å². The zero-order chi connectivity index (χ0) is 8.97. The molecule has 0 saturated carbocycles. The largest absolute Gasteiger partial charge is 0.345 e. The fourth-order valence-electron chi connectivity index (χ4n) is 1.50. The van der Waals surface area contributed by atoms with E-state index in [4.69, 9.17) is 0 Å². The lowest BCUT2D eigenvalue weighted by Crippen LogP contribution is -1.89. The van der Waals surface area contributed by atoms with Gasteiger partial charge in [0.1, 0.15) is 0 Å². The van der Waals surface area contributed by atoms with E-state index in [0.29, 0.717) is 5.82 Å². The molecule has 0 atom stereocenters. The maximum Gasteiger partial charge on any atom is 0.156 e. The second kappa shape index (κ2) is 4.19. The number of rotatable bonds is 4. The summed E-state index contributed by atoms with van der Waals surface area (Å²) in [4.78, 5) is 2.86. The summed E-state index contributed by atoms with van der Waals surface area (Å²) in [5, 5.41) is 0. The summed E-state index contributed by atoms with van der Waals surface area (Å²) >= 11 is 0. The van der Waals surface area contributed by atoms with Gasteiger partial charge in [-0.3, -0.25) is 0 Å². The normalized spacial score (nSPS) is 10.5. The van der Waals surface area contributed by atoms with Crippen LogP contribution in [0.1, 0.15) is 37.8 Å². The van der Waals surface area contributed by atoms with Gasteiger partial charge in [0.2, 0.25) is 0 Å². The first-order chi connectivity index (χ1) is 5.79. The van der Waals surface area contributed by atoms with E-state index >= 15 is 0 Å². The maximum absolute atomic E-state index is 9.43. The molecule has 2 nitrogen and oxygen atoms in total.